The molecule has 0 aromatic heterocycles. The van der Waals surface area contributed by atoms with Crippen molar-refractivity contribution in [1.82, 2.24) is 5.32 Å². The smallest absolute Gasteiger partial charge is 0.337 e. The molecule has 8 heteroatoms. The second-order valence-corrected chi connectivity index (χ2v) is 4.13. The SMILES string of the molecule is CC(NC(=O)C(F)(F)F)C(=O)Nc1ccc(Cl)cc1. The summed E-state index contributed by atoms with van der Waals surface area (Å²) in [6.07, 6.45) is -5.02. The molecule has 1 aromatic rings. The summed E-state index contributed by atoms with van der Waals surface area (Å²) in [6.45, 7) is 1.15. The van der Waals surface area contributed by atoms with E-state index < -0.39 is 24.0 Å². The van der Waals surface area contributed by atoms with Gasteiger partial charge in [-0.25, -0.2) is 0 Å². The molecule has 0 spiro atoms. The van der Waals surface area contributed by atoms with Crippen molar-refractivity contribution in [1.29, 1.82) is 0 Å². The number of carbonyl (C=O) groups is 2. The number of alkyl halides is 3. The second-order valence-electron chi connectivity index (χ2n) is 3.69. The number of amides is 2. The molecule has 4 nitrogen and oxygen atoms in total. The number of hydrogen-bond acceptors (Lipinski definition) is 2. The van der Waals surface area contributed by atoms with E-state index in [4.69, 9.17) is 11.6 Å². The Morgan fingerprint density at radius 1 is 1.21 bits per heavy atom. The molecule has 19 heavy (non-hydrogen) atoms. The number of benzene rings is 1. The van der Waals surface area contributed by atoms with E-state index in [1.807, 2.05) is 0 Å². The number of halogens is 4. The molecule has 1 atom stereocenters. The minimum atomic E-state index is -5.02. The first kappa shape index (κ1) is 15.3. The minimum Gasteiger partial charge on any atom is -0.337 e. The predicted molar refractivity (Wildman–Crippen MR) is 63.7 cm³/mol. The third kappa shape index (κ3) is 4.78. The van der Waals surface area contributed by atoms with Crippen LogP contribution >= 0.6 is 11.6 Å². The first-order valence-electron chi connectivity index (χ1n) is 5.14. The van der Waals surface area contributed by atoms with Crippen molar-refractivity contribution in [3.05, 3.63) is 29.3 Å². The highest BCUT2D eigenvalue weighted by Gasteiger charge is 2.39. The van der Waals surface area contributed by atoms with Crippen LogP contribution in [0.2, 0.25) is 5.02 Å². The molecular weight excluding hydrogens is 285 g/mol. The van der Waals surface area contributed by atoms with Gasteiger partial charge in [-0.1, -0.05) is 11.6 Å². The van der Waals surface area contributed by atoms with Crippen molar-refractivity contribution in [2.24, 2.45) is 0 Å². The number of hydrogen-bond donors (Lipinski definition) is 2. The van der Waals surface area contributed by atoms with Crippen LogP contribution in [0.3, 0.4) is 0 Å². The maximum absolute atomic E-state index is 12.0. The van der Waals surface area contributed by atoms with Crippen molar-refractivity contribution in [2.75, 3.05) is 5.32 Å². The zero-order chi connectivity index (χ0) is 14.6. The van der Waals surface area contributed by atoms with Crippen LogP contribution in [0.1, 0.15) is 6.92 Å². The predicted octanol–water partition coefficient (Wildman–Crippen LogP) is 2.35. The zero-order valence-corrected chi connectivity index (χ0v) is 10.5. The molecule has 0 saturated heterocycles. The minimum absolute atomic E-state index is 0.363. The van der Waals surface area contributed by atoms with Crippen molar-refractivity contribution in [3.63, 3.8) is 0 Å². The maximum atomic E-state index is 12.0. The molecule has 2 N–H and O–H groups in total. The summed E-state index contributed by atoms with van der Waals surface area (Å²) in [6, 6.07) is 4.67. The first-order chi connectivity index (χ1) is 8.70. The van der Waals surface area contributed by atoms with Crippen LogP contribution in [0.4, 0.5) is 18.9 Å². The van der Waals surface area contributed by atoms with Gasteiger partial charge in [-0.2, -0.15) is 13.2 Å². The fourth-order valence-corrected chi connectivity index (χ4v) is 1.25. The summed E-state index contributed by atoms with van der Waals surface area (Å²) in [7, 11) is 0. The van der Waals surface area contributed by atoms with Gasteiger partial charge in [0.15, 0.2) is 0 Å². The van der Waals surface area contributed by atoms with Crippen LogP contribution in [-0.4, -0.2) is 24.0 Å². The van der Waals surface area contributed by atoms with Crippen LogP contribution in [0.25, 0.3) is 0 Å². The Morgan fingerprint density at radius 3 is 2.21 bits per heavy atom. The lowest BCUT2D eigenvalue weighted by atomic mass is 10.2. The van der Waals surface area contributed by atoms with Crippen LogP contribution in [0, 0.1) is 0 Å². The van der Waals surface area contributed by atoms with Crippen LogP contribution in [-0.2, 0) is 9.59 Å². The third-order valence-corrected chi connectivity index (χ3v) is 2.36. The van der Waals surface area contributed by atoms with E-state index >= 15 is 0 Å². The van der Waals surface area contributed by atoms with Gasteiger partial charge in [0.25, 0.3) is 0 Å². The van der Waals surface area contributed by atoms with Gasteiger partial charge in [0.2, 0.25) is 5.91 Å². The highest BCUT2D eigenvalue weighted by Crippen LogP contribution is 2.15. The van der Waals surface area contributed by atoms with Crippen molar-refractivity contribution >= 4 is 29.1 Å². The van der Waals surface area contributed by atoms with E-state index in [-0.39, 0.29) is 0 Å². The maximum Gasteiger partial charge on any atom is 0.471 e. The molecule has 1 rings (SSSR count). The van der Waals surface area contributed by atoms with Crippen molar-refractivity contribution in [2.45, 2.75) is 19.1 Å². The quantitative estimate of drug-likeness (QED) is 0.899. The molecule has 0 fully saturated rings. The first-order valence-corrected chi connectivity index (χ1v) is 5.52. The molecule has 104 valence electrons. The summed E-state index contributed by atoms with van der Waals surface area (Å²) in [5.74, 6) is -2.92. The average molecular weight is 295 g/mol. The Morgan fingerprint density at radius 2 is 1.74 bits per heavy atom. The van der Waals surface area contributed by atoms with Gasteiger partial charge < -0.3 is 10.6 Å². The molecule has 1 unspecified atom stereocenters. The Hall–Kier alpha value is -1.76. The molecule has 0 heterocycles. The molecule has 1 aromatic carbocycles. The number of rotatable bonds is 3. The van der Waals surface area contributed by atoms with Gasteiger partial charge in [-0.15, -0.1) is 0 Å². The van der Waals surface area contributed by atoms with Gasteiger partial charge in [0.1, 0.15) is 6.04 Å². The number of nitrogens with one attached hydrogen (secondary N) is 2. The lowest BCUT2D eigenvalue weighted by molar-refractivity contribution is -0.174. The van der Waals surface area contributed by atoms with Crippen molar-refractivity contribution < 1.29 is 22.8 Å². The van der Waals surface area contributed by atoms with Gasteiger partial charge in [-0.3, -0.25) is 9.59 Å². The number of anilines is 1. The van der Waals surface area contributed by atoms with Gasteiger partial charge >= 0.3 is 12.1 Å². The van der Waals surface area contributed by atoms with E-state index in [9.17, 15) is 22.8 Å². The highest BCUT2D eigenvalue weighted by molar-refractivity contribution is 6.30. The Balaban J connectivity index is 2.58. The average Bonchev–Trinajstić information content (AvgIpc) is 2.30. The van der Waals surface area contributed by atoms with Crippen LogP contribution in [0.15, 0.2) is 24.3 Å². The van der Waals surface area contributed by atoms with E-state index in [1.165, 1.54) is 24.3 Å². The summed E-state index contributed by atoms with van der Waals surface area (Å²) in [5, 5.41) is 4.35. The van der Waals surface area contributed by atoms with E-state index in [0.717, 1.165) is 6.92 Å². The number of carbonyl (C=O) groups excluding carboxylic acids is 2. The van der Waals surface area contributed by atoms with Crippen LogP contribution < -0.4 is 10.6 Å². The fourth-order valence-electron chi connectivity index (χ4n) is 1.13. The molecule has 0 saturated carbocycles. The molecule has 0 aliphatic heterocycles. The van der Waals surface area contributed by atoms with Gasteiger partial charge in [0.05, 0.1) is 0 Å². The Bertz CT molecular complexity index is 474. The third-order valence-electron chi connectivity index (χ3n) is 2.11. The summed E-state index contributed by atoms with van der Waals surface area (Å²) in [4.78, 5) is 22.2. The fraction of sp³-hybridized carbons (Fsp3) is 0.273. The lowest BCUT2D eigenvalue weighted by Gasteiger charge is -2.15. The molecule has 0 radical (unpaired) electrons. The monoisotopic (exact) mass is 294 g/mol. The molecular formula is C11H10ClF3N2O2. The molecule has 0 aliphatic carbocycles. The normalized spacial score (nSPS) is 12.7. The molecule has 0 aliphatic rings. The van der Waals surface area contributed by atoms with E-state index in [2.05, 4.69) is 5.32 Å². The Kier molecular flexibility index (Phi) is 4.77. The highest BCUT2D eigenvalue weighted by atomic mass is 35.5. The molecule has 0 bridgehead atoms. The lowest BCUT2D eigenvalue weighted by Crippen LogP contribution is -2.47. The van der Waals surface area contributed by atoms with Gasteiger partial charge in [0, 0.05) is 10.7 Å². The summed E-state index contributed by atoms with van der Waals surface area (Å²) >= 11 is 5.64. The summed E-state index contributed by atoms with van der Waals surface area (Å²) in [5.41, 5.74) is 0.363. The molecule has 2 amide bonds. The van der Waals surface area contributed by atoms with Crippen molar-refractivity contribution in [3.8, 4) is 0 Å². The topological polar surface area (TPSA) is 58.2 Å². The van der Waals surface area contributed by atoms with Gasteiger partial charge in [-0.05, 0) is 31.2 Å². The van der Waals surface area contributed by atoms with Crippen LogP contribution in [0.5, 0.6) is 0 Å². The van der Waals surface area contributed by atoms with E-state index in [1.54, 1.807) is 5.32 Å². The standard InChI is InChI=1S/C11H10ClF3N2O2/c1-6(16-10(19)11(13,14)15)9(18)17-8-4-2-7(12)3-5-8/h2-6H,1H3,(H,16,19)(H,17,18). The largest absolute Gasteiger partial charge is 0.471 e. The Labute approximate surface area is 111 Å². The zero-order valence-electron chi connectivity index (χ0n) is 9.72. The second kappa shape index (κ2) is 5.92. The van der Waals surface area contributed by atoms with E-state index in [0.29, 0.717) is 10.7 Å². The summed E-state index contributed by atoms with van der Waals surface area (Å²) < 4.78 is 36.0.